The summed E-state index contributed by atoms with van der Waals surface area (Å²) in [5, 5.41) is 3.13. The third-order valence-electron chi connectivity index (χ3n) is 4.27. The van der Waals surface area contributed by atoms with Crippen LogP contribution in [-0.2, 0) is 14.8 Å². The molecule has 0 spiro atoms. The van der Waals surface area contributed by atoms with Gasteiger partial charge in [-0.15, -0.1) is 12.4 Å². The summed E-state index contributed by atoms with van der Waals surface area (Å²) < 4.78 is 31.6. The van der Waals surface area contributed by atoms with Crippen LogP contribution in [0.3, 0.4) is 0 Å². The molecule has 1 aromatic carbocycles. The van der Waals surface area contributed by atoms with E-state index in [0.717, 1.165) is 25.8 Å². The summed E-state index contributed by atoms with van der Waals surface area (Å²) in [5.74, 6) is 0.0307. The topological polar surface area (TPSA) is 75.7 Å². The van der Waals surface area contributed by atoms with Crippen LogP contribution in [0.5, 0.6) is 0 Å². The summed E-state index contributed by atoms with van der Waals surface area (Å²) in [6.45, 7) is 2.01. The van der Waals surface area contributed by atoms with Gasteiger partial charge >= 0.3 is 5.97 Å². The molecule has 0 saturated carbocycles. The van der Waals surface area contributed by atoms with Crippen LogP contribution in [0.4, 0.5) is 0 Å². The summed E-state index contributed by atoms with van der Waals surface area (Å²) in [6, 6.07) is 6.02. The number of piperidine rings is 1. The van der Waals surface area contributed by atoms with Crippen molar-refractivity contribution < 1.29 is 17.9 Å². The van der Waals surface area contributed by atoms with Gasteiger partial charge in [-0.1, -0.05) is 6.07 Å². The van der Waals surface area contributed by atoms with E-state index in [4.69, 9.17) is 0 Å². The molecule has 24 heavy (non-hydrogen) atoms. The van der Waals surface area contributed by atoms with Gasteiger partial charge in [-0.25, -0.2) is 13.2 Å². The molecule has 8 heteroatoms. The number of carbonyl (C=O) groups excluding carboxylic acids is 1. The lowest BCUT2D eigenvalue weighted by Gasteiger charge is -2.31. The number of sulfonamides is 1. The van der Waals surface area contributed by atoms with Gasteiger partial charge in [0.05, 0.1) is 17.6 Å². The van der Waals surface area contributed by atoms with E-state index in [1.807, 2.05) is 7.05 Å². The minimum atomic E-state index is -3.56. The summed E-state index contributed by atoms with van der Waals surface area (Å²) in [7, 11) is -0.359. The molecule has 1 aliphatic heterocycles. The third kappa shape index (κ3) is 4.92. The number of methoxy groups -OCH3 is 1. The molecule has 1 aliphatic rings. The molecule has 0 radical (unpaired) electrons. The molecule has 2 rings (SSSR count). The van der Waals surface area contributed by atoms with Crippen molar-refractivity contribution in [2.24, 2.45) is 5.92 Å². The number of nitrogens with one attached hydrogen (secondary N) is 1. The molecule has 0 aliphatic carbocycles. The lowest BCUT2D eigenvalue weighted by Crippen LogP contribution is -2.39. The average Bonchev–Trinajstić information content (AvgIpc) is 2.59. The smallest absolute Gasteiger partial charge is 0.337 e. The first kappa shape index (κ1) is 20.9. The number of hydrogen-bond donors (Lipinski definition) is 1. The van der Waals surface area contributed by atoms with Crippen LogP contribution >= 0.6 is 12.4 Å². The standard InChI is InChI=1S/C16H24N2O4S.ClH/c1-17-9-6-13-7-10-18(11-8-13)23(20,21)15-5-3-4-14(12-15)16(19)22-2;/h3-5,12-13,17H,6-11H2,1-2H3;1H. The number of esters is 1. The fraction of sp³-hybridized carbons (Fsp3) is 0.562. The number of halogens is 1. The Balaban J connectivity index is 0.00000288. The molecular weight excluding hydrogens is 352 g/mol. The lowest BCUT2D eigenvalue weighted by atomic mass is 9.95. The highest BCUT2D eigenvalue weighted by molar-refractivity contribution is 7.89. The first-order chi connectivity index (χ1) is 11.0. The maximum atomic E-state index is 12.7. The minimum absolute atomic E-state index is 0. The van der Waals surface area contributed by atoms with Crippen LogP contribution in [0, 0.1) is 5.92 Å². The zero-order chi connectivity index (χ0) is 16.9. The highest BCUT2D eigenvalue weighted by atomic mass is 35.5. The highest BCUT2D eigenvalue weighted by Gasteiger charge is 2.29. The number of hydrogen-bond acceptors (Lipinski definition) is 5. The van der Waals surface area contributed by atoms with Gasteiger partial charge in [0.2, 0.25) is 10.0 Å². The van der Waals surface area contributed by atoms with Crippen molar-refractivity contribution in [1.82, 2.24) is 9.62 Å². The van der Waals surface area contributed by atoms with E-state index in [0.29, 0.717) is 19.0 Å². The second-order valence-electron chi connectivity index (χ2n) is 5.76. The molecule has 1 saturated heterocycles. The predicted octanol–water partition coefficient (Wildman–Crippen LogP) is 1.91. The van der Waals surface area contributed by atoms with E-state index in [1.165, 1.54) is 23.5 Å². The van der Waals surface area contributed by atoms with Crippen LogP contribution in [0.15, 0.2) is 29.2 Å². The van der Waals surface area contributed by atoms with Crippen LogP contribution in [0.1, 0.15) is 29.6 Å². The van der Waals surface area contributed by atoms with Crippen molar-refractivity contribution >= 4 is 28.4 Å². The van der Waals surface area contributed by atoms with Crippen LogP contribution in [0.2, 0.25) is 0 Å². The largest absolute Gasteiger partial charge is 0.465 e. The van der Waals surface area contributed by atoms with E-state index in [2.05, 4.69) is 10.1 Å². The highest BCUT2D eigenvalue weighted by Crippen LogP contribution is 2.25. The monoisotopic (exact) mass is 376 g/mol. The van der Waals surface area contributed by atoms with Crippen molar-refractivity contribution in [3.63, 3.8) is 0 Å². The SMILES string of the molecule is CNCCC1CCN(S(=O)(=O)c2cccc(C(=O)OC)c2)CC1.Cl. The fourth-order valence-electron chi connectivity index (χ4n) is 2.84. The maximum absolute atomic E-state index is 12.7. The molecule has 1 heterocycles. The Bertz CT molecular complexity index is 643. The molecular formula is C16H25ClN2O4S. The van der Waals surface area contributed by atoms with E-state index >= 15 is 0 Å². The van der Waals surface area contributed by atoms with Gasteiger partial charge in [0, 0.05) is 13.1 Å². The van der Waals surface area contributed by atoms with Crippen LogP contribution < -0.4 is 5.32 Å². The molecule has 1 N–H and O–H groups in total. The van der Waals surface area contributed by atoms with Crippen molar-refractivity contribution in [2.75, 3.05) is 33.8 Å². The zero-order valence-electron chi connectivity index (χ0n) is 14.0. The Hall–Kier alpha value is -1.15. The number of ether oxygens (including phenoxy) is 1. The lowest BCUT2D eigenvalue weighted by molar-refractivity contribution is 0.0600. The van der Waals surface area contributed by atoms with Gasteiger partial charge in [0.1, 0.15) is 0 Å². The molecule has 0 amide bonds. The normalized spacial score (nSPS) is 16.4. The Morgan fingerprint density at radius 1 is 1.33 bits per heavy atom. The Morgan fingerprint density at radius 2 is 2.00 bits per heavy atom. The van der Waals surface area contributed by atoms with Crippen molar-refractivity contribution in [2.45, 2.75) is 24.2 Å². The van der Waals surface area contributed by atoms with Crippen molar-refractivity contribution in [3.05, 3.63) is 29.8 Å². The molecule has 1 fully saturated rings. The van der Waals surface area contributed by atoms with Gasteiger partial charge in [-0.2, -0.15) is 4.31 Å². The third-order valence-corrected chi connectivity index (χ3v) is 6.16. The molecule has 0 bridgehead atoms. The van der Waals surface area contributed by atoms with Gasteiger partial charge < -0.3 is 10.1 Å². The van der Waals surface area contributed by atoms with E-state index in [9.17, 15) is 13.2 Å². The number of rotatable bonds is 6. The van der Waals surface area contributed by atoms with Crippen molar-refractivity contribution in [3.8, 4) is 0 Å². The van der Waals surface area contributed by atoms with Gasteiger partial charge in [-0.05, 0) is 57.0 Å². The van der Waals surface area contributed by atoms with Crippen LogP contribution in [0.25, 0.3) is 0 Å². The first-order valence-electron chi connectivity index (χ1n) is 7.82. The molecule has 0 unspecified atom stereocenters. The molecule has 0 aromatic heterocycles. The second-order valence-corrected chi connectivity index (χ2v) is 7.70. The number of carbonyl (C=O) groups is 1. The van der Waals surface area contributed by atoms with E-state index in [1.54, 1.807) is 12.1 Å². The van der Waals surface area contributed by atoms with Gasteiger partial charge in [0.15, 0.2) is 0 Å². The number of benzene rings is 1. The fourth-order valence-corrected chi connectivity index (χ4v) is 4.35. The summed E-state index contributed by atoms with van der Waals surface area (Å²) in [5.41, 5.74) is 0.248. The van der Waals surface area contributed by atoms with Crippen LogP contribution in [-0.4, -0.2) is 52.5 Å². The molecule has 6 nitrogen and oxygen atoms in total. The maximum Gasteiger partial charge on any atom is 0.337 e. The molecule has 0 atom stereocenters. The second kappa shape index (κ2) is 9.36. The Kier molecular flexibility index (Phi) is 8.15. The number of nitrogens with zero attached hydrogens (tertiary/aromatic N) is 1. The summed E-state index contributed by atoms with van der Waals surface area (Å²) in [4.78, 5) is 11.7. The molecule has 136 valence electrons. The predicted molar refractivity (Wildman–Crippen MR) is 95.1 cm³/mol. The Labute approximate surface area is 150 Å². The van der Waals surface area contributed by atoms with Crippen molar-refractivity contribution in [1.29, 1.82) is 0 Å². The molecule has 1 aromatic rings. The van der Waals surface area contributed by atoms with E-state index < -0.39 is 16.0 Å². The van der Waals surface area contributed by atoms with Gasteiger partial charge in [0.25, 0.3) is 0 Å². The summed E-state index contributed by atoms with van der Waals surface area (Å²) >= 11 is 0. The zero-order valence-corrected chi connectivity index (χ0v) is 15.7. The Morgan fingerprint density at radius 3 is 2.58 bits per heavy atom. The average molecular weight is 377 g/mol. The minimum Gasteiger partial charge on any atom is -0.465 e. The summed E-state index contributed by atoms with van der Waals surface area (Å²) in [6.07, 6.45) is 2.82. The van der Waals surface area contributed by atoms with E-state index in [-0.39, 0.29) is 22.9 Å². The van der Waals surface area contributed by atoms with Gasteiger partial charge in [-0.3, -0.25) is 0 Å². The first-order valence-corrected chi connectivity index (χ1v) is 9.26. The quantitative estimate of drug-likeness (QED) is 0.767.